The van der Waals surface area contributed by atoms with Gasteiger partial charge in [0.25, 0.3) is 5.69 Å². The first-order valence-electron chi connectivity index (χ1n) is 10.7. The number of aryl methyl sites for hydroxylation is 1. The third-order valence-corrected chi connectivity index (χ3v) is 5.91. The molecular weight excluding hydrogens is 454 g/mol. The maximum absolute atomic E-state index is 13.0. The number of esters is 1. The summed E-state index contributed by atoms with van der Waals surface area (Å²) in [6, 6.07) is 15.6. The van der Waals surface area contributed by atoms with Crippen molar-refractivity contribution in [2.45, 2.75) is 13.0 Å². The highest BCUT2D eigenvalue weighted by Gasteiger charge is 2.38. The topological polar surface area (TPSA) is 141 Å². The molecular formula is C25H17N3O7. The Kier molecular flexibility index (Phi) is 5.33. The number of nitrogens with one attached hydrogen (secondary N) is 1. The number of imidazole rings is 1. The molecule has 1 aromatic heterocycles. The zero-order valence-corrected chi connectivity index (χ0v) is 18.1. The number of carbonyl (C=O) groups is 3. The maximum atomic E-state index is 13.0. The fraction of sp³-hybridized carbons (Fsp3) is 0.120. The number of nitro benzene ring substituents is 1. The molecule has 0 saturated heterocycles. The van der Waals surface area contributed by atoms with Crippen molar-refractivity contribution in [3.05, 3.63) is 109 Å². The molecule has 174 valence electrons. The summed E-state index contributed by atoms with van der Waals surface area (Å²) in [5.41, 5.74) is -0.435. The van der Waals surface area contributed by atoms with E-state index in [1.807, 2.05) is 0 Å². The molecule has 0 radical (unpaired) electrons. The van der Waals surface area contributed by atoms with Gasteiger partial charge in [-0.15, -0.1) is 0 Å². The van der Waals surface area contributed by atoms with Gasteiger partial charge in [-0.3, -0.25) is 24.3 Å². The summed E-state index contributed by atoms with van der Waals surface area (Å²) >= 11 is 0. The van der Waals surface area contributed by atoms with E-state index in [9.17, 15) is 29.3 Å². The standard InChI is InChI=1S/C25H17N3O7/c29-22-14-6-1-2-7-15(14)23(30)20-16(22)10-11-17(21(20)28(33)34)24(31)35-13-5-12-27-19-9-4-3-8-18(19)26-25(27)32/h1-4,6-11H,5,12-13H2,(H,26,32). The van der Waals surface area contributed by atoms with E-state index in [0.717, 1.165) is 6.07 Å². The fourth-order valence-corrected chi connectivity index (χ4v) is 4.32. The molecule has 0 unspecified atom stereocenters. The van der Waals surface area contributed by atoms with Gasteiger partial charge in [-0.1, -0.05) is 36.4 Å². The minimum Gasteiger partial charge on any atom is -0.462 e. The fourth-order valence-electron chi connectivity index (χ4n) is 4.32. The Morgan fingerprint density at radius 3 is 2.34 bits per heavy atom. The second-order valence-electron chi connectivity index (χ2n) is 7.93. The molecule has 0 fully saturated rings. The molecule has 10 nitrogen and oxygen atoms in total. The number of aromatic nitrogens is 2. The quantitative estimate of drug-likeness (QED) is 0.173. The number of nitrogens with zero attached hydrogens (tertiary/aromatic N) is 2. The number of aromatic amines is 1. The third kappa shape index (κ3) is 3.61. The largest absolute Gasteiger partial charge is 0.462 e. The second kappa shape index (κ2) is 8.49. The van der Waals surface area contributed by atoms with Crippen molar-refractivity contribution in [1.82, 2.24) is 9.55 Å². The molecule has 0 saturated carbocycles. The lowest BCUT2D eigenvalue weighted by molar-refractivity contribution is -0.385. The number of hydrogen-bond acceptors (Lipinski definition) is 7. The van der Waals surface area contributed by atoms with Crippen LogP contribution in [-0.2, 0) is 11.3 Å². The minimum atomic E-state index is -0.995. The van der Waals surface area contributed by atoms with E-state index in [4.69, 9.17) is 4.74 Å². The molecule has 10 heteroatoms. The predicted molar refractivity (Wildman–Crippen MR) is 124 cm³/mol. The van der Waals surface area contributed by atoms with Crippen molar-refractivity contribution >= 4 is 34.3 Å². The lowest BCUT2D eigenvalue weighted by Crippen LogP contribution is -2.24. The monoisotopic (exact) mass is 471 g/mol. The van der Waals surface area contributed by atoms with E-state index in [2.05, 4.69) is 4.98 Å². The number of nitro groups is 1. The zero-order chi connectivity index (χ0) is 24.7. The number of ketones is 2. The molecule has 0 bridgehead atoms. The van der Waals surface area contributed by atoms with Crippen LogP contribution in [0.3, 0.4) is 0 Å². The summed E-state index contributed by atoms with van der Waals surface area (Å²) in [6.07, 6.45) is 0.275. The van der Waals surface area contributed by atoms with Gasteiger partial charge < -0.3 is 9.72 Å². The Morgan fingerprint density at radius 2 is 1.60 bits per heavy atom. The predicted octanol–water partition coefficient (Wildman–Crippen LogP) is 3.26. The van der Waals surface area contributed by atoms with Gasteiger partial charge >= 0.3 is 11.7 Å². The summed E-state index contributed by atoms with van der Waals surface area (Å²) in [5.74, 6) is -2.22. The van der Waals surface area contributed by atoms with Crippen molar-refractivity contribution in [3.8, 4) is 0 Å². The Hall–Kier alpha value is -4.86. The number of benzene rings is 3. The average molecular weight is 471 g/mol. The number of hydrogen-bond donors (Lipinski definition) is 1. The van der Waals surface area contributed by atoms with E-state index in [-0.39, 0.29) is 42.0 Å². The number of fused-ring (bicyclic) bond motifs is 3. The van der Waals surface area contributed by atoms with Crippen LogP contribution in [0.25, 0.3) is 11.0 Å². The van der Waals surface area contributed by atoms with Gasteiger partial charge in [-0.2, -0.15) is 0 Å². The molecule has 4 aromatic rings. The highest BCUT2D eigenvalue weighted by Crippen LogP contribution is 2.35. The molecule has 1 aliphatic carbocycles. The first-order valence-corrected chi connectivity index (χ1v) is 10.7. The molecule has 0 aliphatic heterocycles. The van der Waals surface area contributed by atoms with Crippen molar-refractivity contribution in [3.63, 3.8) is 0 Å². The van der Waals surface area contributed by atoms with E-state index in [1.165, 1.54) is 22.8 Å². The van der Waals surface area contributed by atoms with Gasteiger partial charge in [0.1, 0.15) is 11.1 Å². The summed E-state index contributed by atoms with van der Waals surface area (Å²) in [7, 11) is 0. The lowest BCUT2D eigenvalue weighted by atomic mass is 9.82. The van der Waals surface area contributed by atoms with Gasteiger partial charge in [0, 0.05) is 23.2 Å². The van der Waals surface area contributed by atoms with Crippen molar-refractivity contribution in [2.75, 3.05) is 6.61 Å². The van der Waals surface area contributed by atoms with Gasteiger partial charge in [-0.05, 0) is 30.7 Å². The van der Waals surface area contributed by atoms with Crippen LogP contribution in [0.5, 0.6) is 0 Å². The third-order valence-electron chi connectivity index (χ3n) is 5.91. The summed E-state index contributed by atoms with van der Waals surface area (Å²) < 4.78 is 6.73. The van der Waals surface area contributed by atoms with Gasteiger partial charge in [-0.25, -0.2) is 9.59 Å². The Morgan fingerprint density at radius 1 is 0.914 bits per heavy atom. The van der Waals surface area contributed by atoms with Crippen LogP contribution in [-0.4, -0.2) is 38.6 Å². The number of para-hydroxylation sites is 2. The molecule has 1 heterocycles. The SMILES string of the molecule is O=C1c2ccccc2C(=O)c2c1ccc(C(=O)OCCCn1c(=O)[nH]c3ccccc31)c2[N+](=O)[O-]. The normalized spacial score (nSPS) is 12.3. The van der Waals surface area contributed by atoms with Crippen molar-refractivity contribution < 1.29 is 24.0 Å². The summed E-state index contributed by atoms with van der Waals surface area (Å²) in [4.78, 5) is 64.5. The second-order valence-corrected chi connectivity index (χ2v) is 7.93. The van der Waals surface area contributed by atoms with Crippen LogP contribution >= 0.6 is 0 Å². The molecule has 0 spiro atoms. The Balaban J connectivity index is 1.38. The molecule has 3 aromatic carbocycles. The van der Waals surface area contributed by atoms with Crippen LogP contribution in [0, 0.1) is 10.1 Å². The van der Waals surface area contributed by atoms with Gasteiger partial charge in [0.2, 0.25) is 5.78 Å². The molecule has 0 atom stereocenters. The first-order chi connectivity index (χ1) is 16.9. The van der Waals surface area contributed by atoms with Crippen LogP contribution < -0.4 is 5.69 Å². The molecule has 0 amide bonds. The van der Waals surface area contributed by atoms with E-state index < -0.39 is 39.3 Å². The van der Waals surface area contributed by atoms with Crippen LogP contribution in [0.4, 0.5) is 5.69 Å². The van der Waals surface area contributed by atoms with Gasteiger partial charge in [0.15, 0.2) is 5.78 Å². The minimum absolute atomic E-state index is 0.0442. The smallest absolute Gasteiger partial charge is 0.345 e. The Labute approximate surface area is 196 Å². The number of rotatable bonds is 6. The highest BCUT2D eigenvalue weighted by molar-refractivity contribution is 6.30. The van der Waals surface area contributed by atoms with Crippen LogP contribution in [0.15, 0.2) is 65.5 Å². The molecule has 35 heavy (non-hydrogen) atoms. The maximum Gasteiger partial charge on any atom is 0.345 e. The number of ether oxygens (including phenoxy) is 1. The van der Waals surface area contributed by atoms with Gasteiger partial charge in [0.05, 0.1) is 22.6 Å². The zero-order valence-electron chi connectivity index (χ0n) is 18.1. The van der Waals surface area contributed by atoms with Crippen molar-refractivity contribution in [2.24, 2.45) is 0 Å². The average Bonchev–Trinajstić information content (AvgIpc) is 3.18. The number of carbonyl (C=O) groups excluding carboxylic acids is 3. The van der Waals surface area contributed by atoms with E-state index in [1.54, 1.807) is 36.4 Å². The van der Waals surface area contributed by atoms with E-state index in [0.29, 0.717) is 11.0 Å². The molecule has 1 aliphatic rings. The van der Waals surface area contributed by atoms with Crippen molar-refractivity contribution in [1.29, 1.82) is 0 Å². The lowest BCUT2D eigenvalue weighted by Gasteiger charge is -2.18. The summed E-state index contributed by atoms with van der Waals surface area (Å²) in [5, 5.41) is 11.9. The van der Waals surface area contributed by atoms with Crippen LogP contribution in [0.2, 0.25) is 0 Å². The molecule has 5 rings (SSSR count). The Bertz CT molecular complexity index is 1610. The highest BCUT2D eigenvalue weighted by atomic mass is 16.6. The first kappa shape index (κ1) is 22.0. The summed E-state index contributed by atoms with van der Waals surface area (Å²) in [6.45, 7) is 0.140. The van der Waals surface area contributed by atoms with E-state index >= 15 is 0 Å². The molecule has 1 N–H and O–H groups in total. The number of H-pyrrole nitrogens is 1. The van der Waals surface area contributed by atoms with Crippen LogP contribution in [0.1, 0.15) is 48.6 Å².